The molecule has 1 atom stereocenters. The maximum atomic E-state index is 12.9. The summed E-state index contributed by atoms with van der Waals surface area (Å²) in [6, 6.07) is 8.06. The number of pyridine rings is 1. The summed E-state index contributed by atoms with van der Waals surface area (Å²) < 4.78 is 2.66. The molecule has 9 heteroatoms. The van der Waals surface area contributed by atoms with E-state index < -0.39 is 0 Å². The van der Waals surface area contributed by atoms with E-state index in [0.29, 0.717) is 19.5 Å². The van der Waals surface area contributed by atoms with Gasteiger partial charge < -0.3 is 10.2 Å². The number of rotatable bonds is 6. The van der Waals surface area contributed by atoms with Crippen LogP contribution in [0, 0.1) is 0 Å². The second-order valence-electron chi connectivity index (χ2n) is 8.00. The van der Waals surface area contributed by atoms with Gasteiger partial charge in [-0.25, -0.2) is 4.98 Å². The first-order valence-corrected chi connectivity index (χ1v) is 12.4. The number of thiophene rings is 1. The Morgan fingerprint density at radius 1 is 1.28 bits per heavy atom. The van der Waals surface area contributed by atoms with Crippen LogP contribution >= 0.6 is 27.3 Å². The standard InChI is InChI=1S/C23H23BrN6OS/c24-19-13-27-30-21(26-12-17-3-1-6-25-11-17)10-20(28-23(19)30)18-4-2-7-29(14-18)22(31)9-16-5-8-32-15-16/h1,3,5-6,8,10-11,13,15,18,26H,2,4,7,9,12,14H2. The lowest BCUT2D eigenvalue weighted by molar-refractivity contribution is -0.131. The van der Waals surface area contributed by atoms with Crippen molar-refractivity contribution in [3.63, 3.8) is 0 Å². The van der Waals surface area contributed by atoms with Crippen molar-refractivity contribution in [2.24, 2.45) is 0 Å². The number of anilines is 1. The second kappa shape index (κ2) is 9.38. The van der Waals surface area contributed by atoms with E-state index in [1.165, 1.54) is 0 Å². The van der Waals surface area contributed by atoms with Crippen molar-refractivity contribution < 1.29 is 4.79 Å². The smallest absolute Gasteiger partial charge is 0.227 e. The van der Waals surface area contributed by atoms with Gasteiger partial charge in [0.05, 0.1) is 22.8 Å². The van der Waals surface area contributed by atoms with Gasteiger partial charge in [0.2, 0.25) is 5.91 Å². The highest BCUT2D eigenvalue weighted by atomic mass is 79.9. The van der Waals surface area contributed by atoms with Gasteiger partial charge in [-0.15, -0.1) is 0 Å². The van der Waals surface area contributed by atoms with Gasteiger partial charge in [0.25, 0.3) is 0 Å². The first kappa shape index (κ1) is 21.1. The molecule has 0 saturated carbocycles. The van der Waals surface area contributed by atoms with Crippen molar-refractivity contribution in [2.45, 2.75) is 31.7 Å². The van der Waals surface area contributed by atoms with Gasteiger partial charge in [0.15, 0.2) is 5.65 Å². The van der Waals surface area contributed by atoms with Crippen molar-refractivity contribution in [1.82, 2.24) is 24.5 Å². The van der Waals surface area contributed by atoms with Crippen LogP contribution < -0.4 is 5.32 Å². The summed E-state index contributed by atoms with van der Waals surface area (Å²) in [5.74, 6) is 1.26. The Labute approximate surface area is 198 Å². The van der Waals surface area contributed by atoms with Gasteiger partial charge in [-0.1, -0.05) is 6.07 Å². The molecule has 7 nitrogen and oxygen atoms in total. The Morgan fingerprint density at radius 3 is 3.03 bits per heavy atom. The summed E-state index contributed by atoms with van der Waals surface area (Å²) >= 11 is 5.21. The monoisotopic (exact) mass is 510 g/mol. The van der Waals surface area contributed by atoms with Crippen LogP contribution in [-0.2, 0) is 17.8 Å². The number of nitrogens with one attached hydrogen (secondary N) is 1. The Bertz CT molecular complexity index is 1210. The second-order valence-corrected chi connectivity index (χ2v) is 9.63. The molecule has 1 aliphatic heterocycles. The molecule has 1 fully saturated rings. The molecule has 5 rings (SSSR count). The van der Waals surface area contributed by atoms with Crippen molar-refractivity contribution in [2.75, 3.05) is 18.4 Å². The molecule has 1 unspecified atom stereocenters. The van der Waals surface area contributed by atoms with E-state index >= 15 is 0 Å². The van der Waals surface area contributed by atoms with E-state index in [-0.39, 0.29) is 11.8 Å². The molecule has 4 aromatic rings. The molecule has 5 heterocycles. The number of likely N-dealkylation sites (tertiary alicyclic amines) is 1. The average molecular weight is 511 g/mol. The zero-order chi connectivity index (χ0) is 21.9. The number of halogens is 1. The van der Waals surface area contributed by atoms with Gasteiger partial charge in [-0.3, -0.25) is 9.78 Å². The van der Waals surface area contributed by atoms with Gasteiger partial charge >= 0.3 is 0 Å². The summed E-state index contributed by atoms with van der Waals surface area (Å²) in [5, 5.41) is 12.0. The maximum Gasteiger partial charge on any atom is 0.227 e. The van der Waals surface area contributed by atoms with Gasteiger partial charge in [0.1, 0.15) is 5.82 Å². The number of carbonyl (C=O) groups is 1. The summed E-state index contributed by atoms with van der Waals surface area (Å²) in [6.07, 6.45) is 7.84. The minimum atomic E-state index is 0.189. The molecule has 0 bridgehead atoms. The predicted molar refractivity (Wildman–Crippen MR) is 129 cm³/mol. The summed E-state index contributed by atoms with van der Waals surface area (Å²) in [7, 11) is 0. The largest absolute Gasteiger partial charge is 0.366 e. The van der Waals surface area contributed by atoms with Crippen molar-refractivity contribution in [3.05, 3.63) is 74.9 Å². The lowest BCUT2D eigenvalue weighted by Crippen LogP contribution is -2.40. The molecule has 1 aliphatic rings. The lowest BCUT2D eigenvalue weighted by Gasteiger charge is -2.32. The predicted octanol–water partition coefficient (Wildman–Crippen LogP) is 4.51. The van der Waals surface area contributed by atoms with E-state index in [9.17, 15) is 4.79 Å². The minimum Gasteiger partial charge on any atom is -0.366 e. The third-order valence-electron chi connectivity index (χ3n) is 5.77. The Kier molecular flexibility index (Phi) is 6.18. The van der Waals surface area contributed by atoms with E-state index in [1.54, 1.807) is 23.7 Å². The molecule has 4 aromatic heterocycles. The fourth-order valence-electron chi connectivity index (χ4n) is 4.11. The van der Waals surface area contributed by atoms with Crippen molar-refractivity contribution in [1.29, 1.82) is 0 Å². The fraction of sp³-hybridized carbons (Fsp3) is 0.304. The average Bonchev–Trinajstić information content (AvgIpc) is 3.48. The van der Waals surface area contributed by atoms with Crippen LogP contribution in [0.3, 0.4) is 0 Å². The number of carbonyl (C=O) groups excluding carboxylic acids is 1. The van der Waals surface area contributed by atoms with Crippen LogP contribution in [0.5, 0.6) is 0 Å². The number of hydrogen-bond donors (Lipinski definition) is 1. The molecule has 0 aliphatic carbocycles. The van der Waals surface area contributed by atoms with Crippen molar-refractivity contribution >= 4 is 44.6 Å². The lowest BCUT2D eigenvalue weighted by atomic mass is 9.94. The number of hydrogen-bond acceptors (Lipinski definition) is 6. The minimum absolute atomic E-state index is 0.189. The third kappa shape index (κ3) is 4.54. The summed E-state index contributed by atoms with van der Waals surface area (Å²) in [5.41, 5.74) is 3.94. The number of nitrogens with zero attached hydrogens (tertiary/aromatic N) is 5. The van der Waals surface area contributed by atoms with Crippen LogP contribution in [0.1, 0.15) is 35.6 Å². The van der Waals surface area contributed by atoms with Crippen molar-refractivity contribution in [3.8, 4) is 0 Å². The third-order valence-corrected chi connectivity index (χ3v) is 7.06. The van der Waals surface area contributed by atoms with E-state index in [2.05, 4.69) is 37.4 Å². The van der Waals surface area contributed by atoms with E-state index in [1.807, 2.05) is 44.6 Å². The molecule has 32 heavy (non-hydrogen) atoms. The molecule has 164 valence electrons. The molecule has 1 N–H and O–H groups in total. The van der Waals surface area contributed by atoms with Crippen LogP contribution in [-0.4, -0.2) is 43.5 Å². The quantitative estimate of drug-likeness (QED) is 0.413. The Hall–Kier alpha value is -2.78. The molecule has 1 saturated heterocycles. The zero-order valence-corrected chi connectivity index (χ0v) is 19.8. The zero-order valence-electron chi connectivity index (χ0n) is 17.4. The van der Waals surface area contributed by atoms with Crippen LogP contribution in [0.2, 0.25) is 0 Å². The van der Waals surface area contributed by atoms with Crippen LogP contribution in [0.25, 0.3) is 5.65 Å². The SMILES string of the molecule is O=C(Cc1ccsc1)N1CCCC(c2cc(NCc3cccnc3)n3ncc(Br)c3n2)C1. The van der Waals surface area contributed by atoms with Gasteiger partial charge in [0, 0.05) is 44.0 Å². The Balaban J connectivity index is 1.38. The molecular weight excluding hydrogens is 488 g/mol. The number of amides is 1. The summed E-state index contributed by atoms with van der Waals surface area (Å²) in [6.45, 7) is 2.14. The van der Waals surface area contributed by atoms with Crippen LogP contribution in [0.15, 0.2) is 58.1 Å². The van der Waals surface area contributed by atoms with E-state index in [0.717, 1.165) is 52.1 Å². The first-order chi connectivity index (χ1) is 15.7. The van der Waals surface area contributed by atoms with E-state index in [4.69, 9.17) is 4.98 Å². The molecule has 1 amide bonds. The number of aromatic nitrogens is 4. The molecular formula is C23H23BrN6OS. The topological polar surface area (TPSA) is 75.4 Å². The first-order valence-electron chi connectivity index (χ1n) is 10.6. The molecule has 0 spiro atoms. The highest BCUT2D eigenvalue weighted by Crippen LogP contribution is 2.30. The number of piperidine rings is 1. The van der Waals surface area contributed by atoms with Gasteiger partial charge in [-0.2, -0.15) is 21.0 Å². The molecule has 0 aromatic carbocycles. The Morgan fingerprint density at radius 2 is 2.22 bits per heavy atom. The normalized spacial score (nSPS) is 16.4. The highest BCUT2D eigenvalue weighted by molar-refractivity contribution is 9.10. The van der Waals surface area contributed by atoms with Gasteiger partial charge in [-0.05, 0) is 62.8 Å². The van der Waals surface area contributed by atoms with Crippen LogP contribution in [0.4, 0.5) is 5.82 Å². The highest BCUT2D eigenvalue weighted by Gasteiger charge is 2.27. The fourth-order valence-corrected chi connectivity index (χ4v) is 5.13. The molecule has 0 radical (unpaired) electrons. The summed E-state index contributed by atoms with van der Waals surface area (Å²) in [4.78, 5) is 24.0. The maximum absolute atomic E-state index is 12.9. The number of fused-ring (bicyclic) bond motifs is 1.